The average molecular weight is 203 g/mol. The molecule has 0 aliphatic heterocycles. The Labute approximate surface area is 90.1 Å². The summed E-state index contributed by atoms with van der Waals surface area (Å²) in [6, 6.07) is 8.67. The molecule has 80 valence electrons. The zero-order valence-corrected chi connectivity index (χ0v) is 9.49. The fourth-order valence-electron chi connectivity index (χ4n) is 1.85. The van der Waals surface area contributed by atoms with E-state index in [1.165, 1.54) is 5.52 Å². The minimum atomic E-state index is 0.423. The fourth-order valence-corrected chi connectivity index (χ4v) is 1.85. The molecule has 0 unspecified atom stereocenters. The molecule has 0 atom stereocenters. The van der Waals surface area contributed by atoms with Crippen molar-refractivity contribution in [3.63, 3.8) is 0 Å². The van der Waals surface area contributed by atoms with Crippen molar-refractivity contribution >= 4 is 17.0 Å². The molecule has 3 nitrogen and oxygen atoms in total. The Morgan fingerprint density at radius 3 is 2.73 bits per heavy atom. The van der Waals surface area contributed by atoms with Crippen molar-refractivity contribution in [3.8, 4) is 0 Å². The van der Waals surface area contributed by atoms with Gasteiger partial charge in [0.15, 0.2) is 0 Å². The lowest BCUT2D eigenvalue weighted by Gasteiger charge is -2.12. The van der Waals surface area contributed by atoms with E-state index in [1.54, 1.807) is 0 Å². The van der Waals surface area contributed by atoms with Gasteiger partial charge in [-0.2, -0.15) is 0 Å². The molecule has 1 heterocycles. The van der Waals surface area contributed by atoms with E-state index < -0.39 is 0 Å². The molecule has 0 aliphatic carbocycles. The van der Waals surface area contributed by atoms with Gasteiger partial charge in [0.2, 0.25) is 5.95 Å². The molecule has 3 heteroatoms. The normalized spacial score (nSPS) is 11.2. The lowest BCUT2D eigenvalue weighted by atomic mass is 10.3. The first-order chi connectivity index (χ1) is 7.24. The molecule has 1 aromatic carbocycles. The highest BCUT2D eigenvalue weighted by Crippen LogP contribution is 2.23. The van der Waals surface area contributed by atoms with Crippen LogP contribution in [0.3, 0.4) is 0 Å². The molecule has 0 saturated carbocycles. The molecule has 1 aromatic heterocycles. The summed E-state index contributed by atoms with van der Waals surface area (Å²) in [5.41, 5.74) is 2.26. The van der Waals surface area contributed by atoms with Gasteiger partial charge in [-0.3, -0.25) is 0 Å². The van der Waals surface area contributed by atoms with Gasteiger partial charge in [0.05, 0.1) is 11.0 Å². The number of imidazole rings is 1. The van der Waals surface area contributed by atoms with Crippen LogP contribution < -0.4 is 5.32 Å². The molecule has 15 heavy (non-hydrogen) atoms. The summed E-state index contributed by atoms with van der Waals surface area (Å²) in [5.74, 6) is 0.966. The van der Waals surface area contributed by atoms with Crippen LogP contribution in [0.2, 0.25) is 0 Å². The highest BCUT2D eigenvalue weighted by Gasteiger charge is 2.11. The lowest BCUT2D eigenvalue weighted by molar-refractivity contribution is 0.623. The second kappa shape index (κ2) is 3.93. The van der Waals surface area contributed by atoms with Crippen LogP contribution in [0, 0.1) is 0 Å². The first kappa shape index (κ1) is 10.0. The second-order valence-corrected chi connectivity index (χ2v) is 3.92. The minimum Gasteiger partial charge on any atom is -0.356 e. The SMILES string of the molecule is CCNc1nc2ccccc2n1C(C)C. The second-order valence-electron chi connectivity index (χ2n) is 3.92. The topological polar surface area (TPSA) is 29.9 Å². The fraction of sp³-hybridized carbons (Fsp3) is 0.417. The van der Waals surface area contributed by atoms with Crippen molar-refractivity contribution in [2.24, 2.45) is 0 Å². The van der Waals surface area contributed by atoms with Crippen molar-refractivity contribution in [1.29, 1.82) is 0 Å². The number of rotatable bonds is 3. The van der Waals surface area contributed by atoms with Gasteiger partial charge in [-0.15, -0.1) is 0 Å². The van der Waals surface area contributed by atoms with Gasteiger partial charge in [0.1, 0.15) is 0 Å². The van der Waals surface area contributed by atoms with Crippen LogP contribution in [0.15, 0.2) is 24.3 Å². The van der Waals surface area contributed by atoms with E-state index >= 15 is 0 Å². The number of aromatic nitrogens is 2. The van der Waals surface area contributed by atoms with E-state index in [0.29, 0.717) is 6.04 Å². The van der Waals surface area contributed by atoms with Crippen LogP contribution in [-0.2, 0) is 0 Å². The largest absolute Gasteiger partial charge is 0.356 e. The molecule has 1 N–H and O–H groups in total. The number of hydrogen-bond acceptors (Lipinski definition) is 2. The molecule has 0 bridgehead atoms. The third-order valence-electron chi connectivity index (χ3n) is 2.45. The molecule has 0 saturated heterocycles. The van der Waals surface area contributed by atoms with Crippen LogP contribution >= 0.6 is 0 Å². The predicted octanol–water partition coefficient (Wildman–Crippen LogP) is 3.05. The Morgan fingerprint density at radius 2 is 2.07 bits per heavy atom. The number of para-hydroxylation sites is 2. The first-order valence-electron chi connectivity index (χ1n) is 5.45. The van der Waals surface area contributed by atoms with Gasteiger partial charge in [-0.25, -0.2) is 4.98 Å². The number of benzene rings is 1. The quantitative estimate of drug-likeness (QED) is 0.831. The Hall–Kier alpha value is -1.51. The third kappa shape index (κ3) is 1.69. The summed E-state index contributed by atoms with van der Waals surface area (Å²) >= 11 is 0. The molecular weight excluding hydrogens is 186 g/mol. The van der Waals surface area contributed by atoms with Crippen molar-refractivity contribution in [2.45, 2.75) is 26.8 Å². The van der Waals surface area contributed by atoms with Gasteiger partial charge in [0, 0.05) is 12.6 Å². The highest BCUT2D eigenvalue weighted by atomic mass is 15.2. The minimum absolute atomic E-state index is 0.423. The van der Waals surface area contributed by atoms with Gasteiger partial charge < -0.3 is 9.88 Å². The molecule has 0 spiro atoms. The van der Waals surface area contributed by atoms with Crippen molar-refractivity contribution in [1.82, 2.24) is 9.55 Å². The summed E-state index contributed by atoms with van der Waals surface area (Å²) < 4.78 is 2.23. The van der Waals surface area contributed by atoms with Crippen molar-refractivity contribution < 1.29 is 0 Å². The maximum absolute atomic E-state index is 4.58. The zero-order valence-electron chi connectivity index (χ0n) is 9.49. The Kier molecular flexibility index (Phi) is 2.62. The van der Waals surface area contributed by atoms with Gasteiger partial charge >= 0.3 is 0 Å². The molecular formula is C12H17N3. The van der Waals surface area contributed by atoms with E-state index in [4.69, 9.17) is 0 Å². The van der Waals surface area contributed by atoms with E-state index in [1.807, 2.05) is 6.07 Å². The smallest absolute Gasteiger partial charge is 0.204 e. The number of nitrogens with zero attached hydrogens (tertiary/aromatic N) is 2. The van der Waals surface area contributed by atoms with Crippen molar-refractivity contribution in [2.75, 3.05) is 11.9 Å². The lowest BCUT2D eigenvalue weighted by Crippen LogP contribution is -2.08. The summed E-state index contributed by atoms with van der Waals surface area (Å²) in [6.45, 7) is 7.34. The monoisotopic (exact) mass is 203 g/mol. The first-order valence-corrected chi connectivity index (χ1v) is 5.45. The Bertz CT molecular complexity index is 457. The van der Waals surface area contributed by atoms with Crippen LogP contribution in [0.25, 0.3) is 11.0 Å². The van der Waals surface area contributed by atoms with Crippen LogP contribution in [0.4, 0.5) is 5.95 Å². The summed E-state index contributed by atoms with van der Waals surface area (Å²) in [6.07, 6.45) is 0. The van der Waals surface area contributed by atoms with Crippen LogP contribution in [0.1, 0.15) is 26.8 Å². The van der Waals surface area contributed by atoms with Crippen molar-refractivity contribution in [3.05, 3.63) is 24.3 Å². The maximum atomic E-state index is 4.58. The number of fused-ring (bicyclic) bond motifs is 1. The predicted molar refractivity (Wildman–Crippen MR) is 64.3 cm³/mol. The molecule has 0 aliphatic rings. The summed E-state index contributed by atoms with van der Waals surface area (Å²) in [5, 5.41) is 3.30. The van der Waals surface area contributed by atoms with Gasteiger partial charge in [-0.05, 0) is 32.9 Å². The van der Waals surface area contributed by atoms with E-state index in [0.717, 1.165) is 18.0 Å². The molecule has 2 aromatic rings. The van der Waals surface area contributed by atoms with Gasteiger partial charge in [-0.1, -0.05) is 12.1 Å². The third-order valence-corrected chi connectivity index (χ3v) is 2.45. The zero-order chi connectivity index (χ0) is 10.8. The van der Waals surface area contributed by atoms with Crippen LogP contribution in [-0.4, -0.2) is 16.1 Å². The highest BCUT2D eigenvalue weighted by molar-refractivity contribution is 5.78. The summed E-state index contributed by atoms with van der Waals surface area (Å²) in [7, 11) is 0. The van der Waals surface area contributed by atoms with E-state index in [-0.39, 0.29) is 0 Å². The van der Waals surface area contributed by atoms with E-state index in [9.17, 15) is 0 Å². The van der Waals surface area contributed by atoms with E-state index in [2.05, 4.69) is 53.8 Å². The van der Waals surface area contributed by atoms with Crippen LogP contribution in [0.5, 0.6) is 0 Å². The molecule has 0 fully saturated rings. The standard InChI is InChI=1S/C12H17N3/c1-4-13-12-14-10-7-5-6-8-11(10)15(12)9(2)3/h5-9H,4H2,1-3H3,(H,13,14). The number of anilines is 1. The van der Waals surface area contributed by atoms with Gasteiger partial charge in [0.25, 0.3) is 0 Å². The molecule has 0 radical (unpaired) electrons. The summed E-state index contributed by atoms with van der Waals surface area (Å²) in [4.78, 5) is 4.58. The maximum Gasteiger partial charge on any atom is 0.204 e. The number of nitrogens with one attached hydrogen (secondary N) is 1. The molecule has 0 amide bonds. The Morgan fingerprint density at radius 1 is 1.33 bits per heavy atom. The number of hydrogen-bond donors (Lipinski definition) is 1. The average Bonchev–Trinajstić information content (AvgIpc) is 2.56. The Balaban J connectivity index is 2.63. The molecule has 2 rings (SSSR count).